The molecule has 31 heavy (non-hydrogen) atoms. The maximum absolute atomic E-state index is 11.0. The lowest BCUT2D eigenvalue weighted by Gasteiger charge is -2.30. The topological polar surface area (TPSA) is 55.8 Å². The van der Waals surface area contributed by atoms with Crippen LogP contribution in [0, 0.1) is 5.41 Å². The molecule has 170 valence electrons. The monoisotopic (exact) mass is 490 g/mol. The summed E-state index contributed by atoms with van der Waals surface area (Å²) < 4.78 is 13.0. The second-order valence-corrected chi connectivity index (χ2v) is 9.83. The molecule has 1 N–H and O–H groups in total. The van der Waals surface area contributed by atoms with Gasteiger partial charge in [-0.3, -0.25) is 0 Å². The van der Waals surface area contributed by atoms with Gasteiger partial charge in [-0.1, -0.05) is 48.8 Å². The summed E-state index contributed by atoms with van der Waals surface area (Å²) >= 11 is 3.67. The molecule has 0 aromatic heterocycles. The molecule has 3 rings (SSSR count). The Balaban J connectivity index is 0.00000166. The van der Waals surface area contributed by atoms with Crippen molar-refractivity contribution in [1.82, 2.24) is 0 Å². The molecule has 0 aliphatic heterocycles. The van der Waals surface area contributed by atoms with Crippen molar-refractivity contribution in [3.05, 3.63) is 63.1 Å². The average molecular weight is 491 g/mol. The fourth-order valence-electron chi connectivity index (χ4n) is 4.32. The molecular weight excluding hydrogens is 456 g/mol. The van der Waals surface area contributed by atoms with Gasteiger partial charge in [0, 0.05) is 25.1 Å². The number of carbonyl (C=O) groups excluding carboxylic acids is 1. The van der Waals surface area contributed by atoms with E-state index < -0.39 is 0 Å². The van der Waals surface area contributed by atoms with Gasteiger partial charge < -0.3 is 19.4 Å². The van der Waals surface area contributed by atoms with E-state index in [1.807, 2.05) is 0 Å². The van der Waals surface area contributed by atoms with Crippen molar-refractivity contribution in [1.29, 1.82) is 0 Å². The van der Waals surface area contributed by atoms with Crippen LogP contribution in [0.2, 0.25) is 0 Å². The molecule has 0 fully saturated rings. The largest absolute Gasteiger partial charge is 0.489 e. The van der Waals surface area contributed by atoms with Gasteiger partial charge in [-0.2, -0.15) is 0 Å². The fourth-order valence-corrected chi connectivity index (χ4v) is 4.78. The van der Waals surface area contributed by atoms with Crippen LogP contribution in [0.15, 0.2) is 40.9 Å². The molecule has 0 radical (unpaired) electrons. The lowest BCUT2D eigenvalue weighted by atomic mass is 9.81. The Kier molecular flexibility index (Phi) is 9.73. The van der Waals surface area contributed by atoms with Crippen molar-refractivity contribution in [2.75, 3.05) is 14.2 Å². The van der Waals surface area contributed by atoms with E-state index in [1.54, 1.807) is 7.11 Å². The first-order chi connectivity index (χ1) is 14.8. The maximum Gasteiger partial charge on any atom is 0.120 e. The molecule has 5 heteroatoms. The molecule has 2 aromatic rings. The minimum Gasteiger partial charge on any atom is -0.489 e. The van der Waals surface area contributed by atoms with E-state index in [1.165, 1.54) is 11.1 Å². The zero-order valence-corrected chi connectivity index (χ0v) is 20.9. The summed E-state index contributed by atoms with van der Waals surface area (Å²) in [7, 11) is 2.76. The number of ether oxygens (including phenoxy) is 2. The molecule has 1 aliphatic rings. The predicted octanol–water partition coefficient (Wildman–Crippen LogP) is 6.38. The lowest BCUT2D eigenvalue weighted by Crippen LogP contribution is -2.20. The van der Waals surface area contributed by atoms with Crippen LogP contribution in [-0.2, 0) is 22.6 Å². The molecule has 2 atom stereocenters. The zero-order valence-electron chi connectivity index (χ0n) is 19.3. The molecule has 4 nitrogen and oxygen atoms in total. The second-order valence-electron chi connectivity index (χ2n) is 8.98. The van der Waals surface area contributed by atoms with Gasteiger partial charge in [-0.25, -0.2) is 0 Å². The highest BCUT2D eigenvalue weighted by molar-refractivity contribution is 9.10. The highest BCUT2D eigenvalue weighted by Gasteiger charge is 2.28. The lowest BCUT2D eigenvalue weighted by molar-refractivity contribution is -0.108. The molecule has 1 aliphatic carbocycles. The zero-order chi connectivity index (χ0) is 23.0. The summed E-state index contributed by atoms with van der Waals surface area (Å²) in [6.45, 7) is 7.04. The SMILES string of the molecule is CO.COC(c1cc(COc2ccc3c(c2)C(CC=O)CCC3)ccc1Br)C(C)(C)C. The third-order valence-electron chi connectivity index (χ3n) is 5.71. The molecule has 0 amide bonds. The number of aliphatic hydroxyl groups is 1. The summed E-state index contributed by atoms with van der Waals surface area (Å²) in [5, 5.41) is 7.00. The number of halogens is 1. The molecule has 0 saturated carbocycles. The van der Waals surface area contributed by atoms with Crippen LogP contribution in [0.5, 0.6) is 5.75 Å². The molecule has 0 spiro atoms. The maximum atomic E-state index is 11.0. The molecule has 0 saturated heterocycles. The molecule has 2 aromatic carbocycles. The van der Waals surface area contributed by atoms with Crippen LogP contribution in [0.25, 0.3) is 0 Å². The summed E-state index contributed by atoms with van der Waals surface area (Å²) in [5.74, 6) is 1.19. The number of hydrogen-bond donors (Lipinski definition) is 1. The fraction of sp³-hybridized carbons (Fsp3) is 0.500. The number of fused-ring (bicyclic) bond motifs is 1. The Bertz CT molecular complexity index is 857. The average Bonchev–Trinajstić information content (AvgIpc) is 2.75. The highest BCUT2D eigenvalue weighted by Crippen LogP contribution is 2.39. The van der Waals surface area contributed by atoms with Gasteiger partial charge in [0.2, 0.25) is 0 Å². The van der Waals surface area contributed by atoms with Gasteiger partial charge in [0.15, 0.2) is 0 Å². The van der Waals surface area contributed by atoms with Crippen molar-refractivity contribution in [3.63, 3.8) is 0 Å². The second kappa shape index (κ2) is 11.8. The Morgan fingerprint density at radius 3 is 2.58 bits per heavy atom. The van der Waals surface area contributed by atoms with E-state index >= 15 is 0 Å². The number of aldehydes is 1. The van der Waals surface area contributed by atoms with Crippen LogP contribution in [0.4, 0.5) is 0 Å². The number of aryl methyl sites for hydroxylation is 1. The van der Waals surface area contributed by atoms with E-state index in [0.717, 1.165) is 54.0 Å². The molecule has 0 bridgehead atoms. The number of rotatable bonds is 7. The molecule has 0 heterocycles. The first-order valence-electron chi connectivity index (χ1n) is 10.8. The number of benzene rings is 2. The van der Waals surface area contributed by atoms with Crippen molar-refractivity contribution in [2.24, 2.45) is 5.41 Å². The summed E-state index contributed by atoms with van der Waals surface area (Å²) in [6, 6.07) is 12.7. The summed E-state index contributed by atoms with van der Waals surface area (Å²) in [5.41, 5.74) is 4.87. The quantitative estimate of drug-likeness (QED) is 0.457. The van der Waals surface area contributed by atoms with Gasteiger partial charge in [0.1, 0.15) is 18.6 Å². The Morgan fingerprint density at radius 2 is 1.94 bits per heavy atom. The molecular formula is C26H35BrO4. The smallest absolute Gasteiger partial charge is 0.120 e. The van der Waals surface area contributed by atoms with E-state index in [2.05, 4.69) is 73.1 Å². The van der Waals surface area contributed by atoms with E-state index in [-0.39, 0.29) is 11.5 Å². The standard InChI is InChI=1S/C25H31BrO3.CH4O/c1-25(2,3)24(28-4)22-14-17(8-11-23(22)26)16-29-20-10-9-18-6-5-7-19(12-13-27)21(18)15-20;1-2/h8-11,13-15,19,24H,5-7,12,16H2,1-4H3;2H,1H3. The van der Waals surface area contributed by atoms with E-state index in [4.69, 9.17) is 14.6 Å². The van der Waals surface area contributed by atoms with Gasteiger partial charge in [0.25, 0.3) is 0 Å². The van der Waals surface area contributed by atoms with Crippen molar-refractivity contribution in [3.8, 4) is 5.75 Å². The summed E-state index contributed by atoms with van der Waals surface area (Å²) in [4.78, 5) is 11.0. The van der Waals surface area contributed by atoms with Crippen LogP contribution < -0.4 is 4.74 Å². The van der Waals surface area contributed by atoms with Gasteiger partial charge in [-0.15, -0.1) is 0 Å². The van der Waals surface area contributed by atoms with Crippen LogP contribution in [0.3, 0.4) is 0 Å². The minimum atomic E-state index is -0.0111. The first kappa shape index (κ1) is 25.6. The van der Waals surface area contributed by atoms with Gasteiger partial charge >= 0.3 is 0 Å². The Morgan fingerprint density at radius 1 is 1.19 bits per heavy atom. The third-order valence-corrected chi connectivity index (χ3v) is 6.43. The van der Waals surface area contributed by atoms with Crippen molar-refractivity contribution < 1.29 is 19.4 Å². The highest BCUT2D eigenvalue weighted by atomic mass is 79.9. The number of aliphatic hydroxyl groups excluding tert-OH is 1. The molecule has 2 unspecified atom stereocenters. The first-order valence-corrected chi connectivity index (χ1v) is 11.6. The van der Waals surface area contributed by atoms with E-state index in [9.17, 15) is 4.79 Å². The minimum absolute atomic E-state index is 0.00957. The number of hydrogen-bond acceptors (Lipinski definition) is 4. The van der Waals surface area contributed by atoms with Crippen molar-refractivity contribution in [2.45, 2.75) is 65.1 Å². The number of methoxy groups -OCH3 is 1. The van der Waals surface area contributed by atoms with Crippen molar-refractivity contribution >= 4 is 22.2 Å². The number of carbonyl (C=O) groups is 1. The van der Waals surface area contributed by atoms with Gasteiger partial charge in [0.05, 0.1) is 6.10 Å². The van der Waals surface area contributed by atoms with Crippen LogP contribution >= 0.6 is 15.9 Å². The normalized spacial score (nSPS) is 16.5. The van der Waals surface area contributed by atoms with Crippen LogP contribution in [-0.4, -0.2) is 25.6 Å². The Labute approximate surface area is 195 Å². The summed E-state index contributed by atoms with van der Waals surface area (Å²) in [6.07, 6.45) is 4.95. The van der Waals surface area contributed by atoms with E-state index in [0.29, 0.717) is 18.9 Å². The third kappa shape index (κ3) is 6.64. The predicted molar refractivity (Wildman–Crippen MR) is 129 cm³/mol. The Hall–Kier alpha value is -1.69. The van der Waals surface area contributed by atoms with Crippen LogP contribution in [0.1, 0.15) is 74.3 Å². The van der Waals surface area contributed by atoms with Gasteiger partial charge in [-0.05, 0) is 77.1 Å².